The molecule has 2 aliphatic heterocycles. The van der Waals surface area contributed by atoms with E-state index in [1.807, 2.05) is 28.0 Å². The first-order valence-electron chi connectivity index (χ1n) is 9.03. The van der Waals surface area contributed by atoms with Crippen molar-refractivity contribution >= 4 is 45.4 Å². The lowest BCUT2D eigenvalue weighted by atomic mass is 10.2. The highest BCUT2D eigenvalue weighted by molar-refractivity contribution is 9.10. The maximum absolute atomic E-state index is 12.4. The Morgan fingerprint density at radius 3 is 2.44 bits per heavy atom. The van der Waals surface area contributed by atoms with Crippen LogP contribution in [0.4, 0.5) is 0 Å². The fourth-order valence-electron chi connectivity index (χ4n) is 3.12. The van der Waals surface area contributed by atoms with Gasteiger partial charge in [-0.05, 0) is 39.7 Å². The van der Waals surface area contributed by atoms with Gasteiger partial charge in [0.15, 0.2) is 0 Å². The number of rotatable bonds is 4. The number of hydrogen-bond acceptors (Lipinski definition) is 4. The summed E-state index contributed by atoms with van der Waals surface area (Å²) >= 11 is 9.42. The summed E-state index contributed by atoms with van der Waals surface area (Å²) in [6.07, 6.45) is 3.35. The molecule has 0 bridgehead atoms. The summed E-state index contributed by atoms with van der Waals surface area (Å²) < 4.78 is 6.11. The molecule has 2 fully saturated rings. The molecule has 0 saturated carbocycles. The molecule has 3 rings (SSSR count). The van der Waals surface area contributed by atoms with Crippen LogP contribution < -0.4 is 0 Å². The van der Waals surface area contributed by atoms with E-state index in [-0.39, 0.29) is 11.8 Å². The van der Waals surface area contributed by atoms with Crippen molar-refractivity contribution in [3.8, 4) is 0 Å². The Hall–Kier alpha value is -1.41. The van der Waals surface area contributed by atoms with E-state index in [1.54, 1.807) is 12.2 Å². The summed E-state index contributed by atoms with van der Waals surface area (Å²) in [6, 6.07) is 5.57. The number of morpholine rings is 1. The third kappa shape index (κ3) is 5.78. The number of halogens is 2. The number of piperazine rings is 1. The van der Waals surface area contributed by atoms with Crippen molar-refractivity contribution in [2.45, 2.75) is 0 Å². The smallest absolute Gasteiger partial charge is 0.246 e. The number of nitrogens with zero attached hydrogens (tertiary/aromatic N) is 3. The molecular weight excluding hydrogens is 434 g/mol. The third-order valence-electron chi connectivity index (χ3n) is 4.77. The molecule has 2 heterocycles. The lowest BCUT2D eigenvalue weighted by Gasteiger charge is -2.35. The van der Waals surface area contributed by atoms with Crippen LogP contribution in [0.2, 0.25) is 5.02 Å². The molecule has 2 amide bonds. The molecule has 0 aromatic heterocycles. The molecule has 8 heteroatoms. The topological polar surface area (TPSA) is 53.1 Å². The second-order valence-electron chi connectivity index (χ2n) is 6.60. The van der Waals surface area contributed by atoms with E-state index in [0.29, 0.717) is 64.0 Å². The minimum Gasteiger partial charge on any atom is -0.378 e. The van der Waals surface area contributed by atoms with E-state index in [4.69, 9.17) is 16.3 Å². The van der Waals surface area contributed by atoms with Crippen molar-refractivity contribution in [2.24, 2.45) is 0 Å². The van der Waals surface area contributed by atoms with Gasteiger partial charge < -0.3 is 14.5 Å². The van der Waals surface area contributed by atoms with E-state index < -0.39 is 0 Å². The van der Waals surface area contributed by atoms with Crippen LogP contribution in [-0.2, 0) is 14.3 Å². The molecule has 2 aliphatic rings. The number of hydrogen-bond donors (Lipinski definition) is 0. The predicted molar refractivity (Wildman–Crippen MR) is 109 cm³/mol. The van der Waals surface area contributed by atoms with Crippen LogP contribution >= 0.6 is 27.5 Å². The van der Waals surface area contributed by atoms with Crippen LogP contribution in [0.25, 0.3) is 6.08 Å². The molecular formula is C19H23BrClN3O3. The minimum atomic E-state index is -0.0202. The Labute approximate surface area is 172 Å². The minimum absolute atomic E-state index is 0.0202. The van der Waals surface area contributed by atoms with Gasteiger partial charge in [0.25, 0.3) is 0 Å². The molecule has 27 heavy (non-hydrogen) atoms. The summed E-state index contributed by atoms with van der Waals surface area (Å²) in [4.78, 5) is 30.5. The van der Waals surface area contributed by atoms with Gasteiger partial charge in [-0.25, -0.2) is 0 Å². The largest absolute Gasteiger partial charge is 0.378 e. The molecule has 1 aromatic carbocycles. The Balaban J connectivity index is 1.45. The van der Waals surface area contributed by atoms with Crippen molar-refractivity contribution < 1.29 is 14.3 Å². The SMILES string of the molecule is O=C(C=Cc1ccc(Br)c(Cl)c1)N1CCN(CC(=O)N2CCOCC2)CC1. The van der Waals surface area contributed by atoms with Crippen molar-refractivity contribution in [2.75, 3.05) is 59.0 Å². The number of carbonyl (C=O) groups excluding carboxylic acids is 2. The van der Waals surface area contributed by atoms with Gasteiger partial charge in [-0.15, -0.1) is 0 Å². The highest BCUT2D eigenvalue weighted by Gasteiger charge is 2.24. The van der Waals surface area contributed by atoms with Crippen molar-refractivity contribution in [3.05, 3.63) is 39.3 Å². The average Bonchev–Trinajstić information content (AvgIpc) is 2.70. The quantitative estimate of drug-likeness (QED) is 0.651. The standard InChI is InChI=1S/C19H23BrClN3O3/c20-16-3-1-15(13-17(16)21)2-4-18(25)23-7-5-22(6-8-23)14-19(26)24-9-11-27-12-10-24/h1-4,13H,5-12,14H2. The molecule has 1 aromatic rings. The van der Waals surface area contributed by atoms with E-state index in [1.165, 1.54) is 0 Å². The average molecular weight is 457 g/mol. The van der Waals surface area contributed by atoms with Crippen molar-refractivity contribution in [1.29, 1.82) is 0 Å². The van der Waals surface area contributed by atoms with Crippen molar-refractivity contribution in [1.82, 2.24) is 14.7 Å². The summed E-state index contributed by atoms with van der Waals surface area (Å²) in [7, 11) is 0. The number of ether oxygens (including phenoxy) is 1. The molecule has 0 N–H and O–H groups in total. The zero-order valence-electron chi connectivity index (χ0n) is 15.1. The van der Waals surface area contributed by atoms with Gasteiger partial charge in [0.1, 0.15) is 0 Å². The predicted octanol–water partition coefficient (Wildman–Crippen LogP) is 2.12. The zero-order valence-corrected chi connectivity index (χ0v) is 17.4. The van der Waals surface area contributed by atoms with Gasteiger partial charge in [-0.1, -0.05) is 17.7 Å². The van der Waals surface area contributed by atoms with Gasteiger partial charge in [-0.2, -0.15) is 0 Å². The van der Waals surface area contributed by atoms with E-state index >= 15 is 0 Å². The third-order valence-corrected chi connectivity index (χ3v) is 6.00. The van der Waals surface area contributed by atoms with Gasteiger partial charge in [0.2, 0.25) is 11.8 Å². The molecule has 0 unspecified atom stereocenters. The number of amides is 2. The maximum Gasteiger partial charge on any atom is 0.246 e. The van der Waals surface area contributed by atoms with Gasteiger partial charge in [0, 0.05) is 49.8 Å². The highest BCUT2D eigenvalue weighted by Crippen LogP contribution is 2.23. The van der Waals surface area contributed by atoms with Crippen LogP contribution in [0.3, 0.4) is 0 Å². The van der Waals surface area contributed by atoms with Crippen LogP contribution in [0.5, 0.6) is 0 Å². The molecule has 0 aliphatic carbocycles. The lowest BCUT2D eigenvalue weighted by Crippen LogP contribution is -2.52. The second-order valence-corrected chi connectivity index (χ2v) is 7.86. The van der Waals surface area contributed by atoms with Crippen LogP contribution in [0.15, 0.2) is 28.7 Å². The Morgan fingerprint density at radius 2 is 1.78 bits per heavy atom. The zero-order chi connectivity index (χ0) is 19.2. The second kappa shape index (κ2) is 9.68. The van der Waals surface area contributed by atoms with E-state index in [2.05, 4.69) is 20.8 Å². The summed E-state index contributed by atoms with van der Waals surface area (Å²) in [5.41, 5.74) is 0.881. The van der Waals surface area contributed by atoms with E-state index in [0.717, 1.165) is 10.0 Å². The van der Waals surface area contributed by atoms with Gasteiger partial charge >= 0.3 is 0 Å². The Bertz CT molecular complexity index is 714. The fourth-order valence-corrected chi connectivity index (χ4v) is 3.55. The van der Waals surface area contributed by atoms with Gasteiger partial charge in [0.05, 0.1) is 24.8 Å². The highest BCUT2D eigenvalue weighted by atomic mass is 79.9. The summed E-state index contributed by atoms with van der Waals surface area (Å²) in [5, 5.41) is 0.614. The fraction of sp³-hybridized carbons (Fsp3) is 0.474. The first-order chi connectivity index (χ1) is 13.0. The van der Waals surface area contributed by atoms with E-state index in [9.17, 15) is 9.59 Å². The van der Waals surface area contributed by atoms with Gasteiger partial charge in [-0.3, -0.25) is 14.5 Å². The van der Waals surface area contributed by atoms with Crippen LogP contribution in [0.1, 0.15) is 5.56 Å². The molecule has 0 atom stereocenters. The summed E-state index contributed by atoms with van der Waals surface area (Å²) in [6.45, 7) is 5.65. The Kier molecular flexibility index (Phi) is 7.29. The molecule has 0 spiro atoms. The first-order valence-corrected chi connectivity index (χ1v) is 10.2. The maximum atomic E-state index is 12.4. The lowest BCUT2D eigenvalue weighted by molar-refractivity contribution is -0.137. The van der Waals surface area contributed by atoms with Crippen molar-refractivity contribution in [3.63, 3.8) is 0 Å². The molecule has 6 nitrogen and oxygen atoms in total. The number of carbonyl (C=O) groups is 2. The number of benzene rings is 1. The Morgan fingerprint density at radius 1 is 1.07 bits per heavy atom. The van der Waals surface area contributed by atoms with Crippen LogP contribution in [-0.4, -0.2) is 85.5 Å². The molecule has 2 saturated heterocycles. The van der Waals surface area contributed by atoms with Crippen LogP contribution in [0, 0.1) is 0 Å². The molecule has 146 valence electrons. The summed E-state index contributed by atoms with van der Waals surface area (Å²) in [5.74, 6) is 0.123. The first kappa shape index (κ1) is 20.3. The monoisotopic (exact) mass is 455 g/mol. The molecule has 0 radical (unpaired) electrons. The normalized spacial score (nSPS) is 18.9.